The normalized spacial score (nSPS) is 10.2. The van der Waals surface area contributed by atoms with Crippen LogP contribution in [0, 0.1) is 13.8 Å². The van der Waals surface area contributed by atoms with Crippen LogP contribution < -0.4 is 6.15 Å². The van der Waals surface area contributed by atoms with Crippen LogP contribution >= 0.6 is 0 Å². The predicted molar refractivity (Wildman–Crippen MR) is 86.4 cm³/mol. The fraction of sp³-hybridized carbons (Fsp3) is 0.176. The molecule has 0 spiro atoms. The lowest BCUT2D eigenvalue weighted by molar-refractivity contribution is 0.764. The Balaban J connectivity index is 0.00000161. The van der Waals surface area contributed by atoms with E-state index in [-0.39, 0.29) is 6.15 Å². The SMILES string of the molecule is Cc1cccc(-c2c(-c3ccncc3)c(C)nn2C)c1.N. The van der Waals surface area contributed by atoms with Crippen LogP contribution in [0.1, 0.15) is 11.3 Å². The third-order valence-electron chi connectivity index (χ3n) is 3.48. The molecule has 3 rings (SSSR count). The zero-order valence-corrected chi connectivity index (χ0v) is 12.7. The van der Waals surface area contributed by atoms with Crippen LogP contribution in [-0.4, -0.2) is 14.8 Å². The van der Waals surface area contributed by atoms with Gasteiger partial charge in [0, 0.05) is 30.6 Å². The zero-order valence-electron chi connectivity index (χ0n) is 12.7. The van der Waals surface area contributed by atoms with Gasteiger partial charge in [-0.25, -0.2) is 0 Å². The fourth-order valence-corrected chi connectivity index (χ4v) is 2.65. The predicted octanol–water partition coefficient (Wildman–Crippen LogP) is 3.93. The summed E-state index contributed by atoms with van der Waals surface area (Å²) in [4.78, 5) is 4.10. The Morgan fingerprint density at radius 2 is 1.67 bits per heavy atom. The van der Waals surface area contributed by atoms with Crippen molar-refractivity contribution in [1.29, 1.82) is 0 Å². The minimum Gasteiger partial charge on any atom is -0.344 e. The molecule has 0 radical (unpaired) electrons. The quantitative estimate of drug-likeness (QED) is 0.773. The second kappa shape index (κ2) is 5.89. The maximum atomic E-state index is 4.59. The van der Waals surface area contributed by atoms with Crippen LogP contribution in [0.4, 0.5) is 0 Å². The highest BCUT2D eigenvalue weighted by atomic mass is 15.3. The van der Waals surface area contributed by atoms with Gasteiger partial charge in [0.25, 0.3) is 0 Å². The molecule has 2 aromatic heterocycles. The molecular weight excluding hydrogens is 260 g/mol. The van der Waals surface area contributed by atoms with Crippen molar-refractivity contribution in [2.24, 2.45) is 7.05 Å². The van der Waals surface area contributed by atoms with Crippen molar-refractivity contribution in [3.05, 3.63) is 60.0 Å². The molecule has 0 unspecified atom stereocenters. The van der Waals surface area contributed by atoms with E-state index >= 15 is 0 Å². The molecule has 0 fully saturated rings. The third kappa shape index (κ3) is 2.71. The molecule has 21 heavy (non-hydrogen) atoms. The monoisotopic (exact) mass is 280 g/mol. The van der Waals surface area contributed by atoms with Crippen LogP contribution in [0.2, 0.25) is 0 Å². The minimum atomic E-state index is 0. The Morgan fingerprint density at radius 3 is 2.33 bits per heavy atom. The van der Waals surface area contributed by atoms with E-state index in [0.29, 0.717) is 0 Å². The number of benzene rings is 1. The van der Waals surface area contributed by atoms with Gasteiger partial charge in [-0.15, -0.1) is 0 Å². The van der Waals surface area contributed by atoms with Gasteiger partial charge in [0.1, 0.15) is 0 Å². The van der Waals surface area contributed by atoms with E-state index in [1.165, 1.54) is 16.7 Å². The number of aryl methyl sites for hydroxylation is 3. The van der Waals surface area contributed by atoms with Gasteiger partial charge in [-0.05, 0) is 37.6 Å². The first-order valence-corrected chi connectivity index (χ1v) is 6.68. The molecule has 0 atom stereocenters. The number of rotatable bonds is 2. The van der Waals surface area contributed by atoms with E-state index in [0.717, 1.165) is 17.0 Å². The number of pyridine rings is 1. The summed E-state index contributed by atoms with van der Waals surface area (Å²) in [7, 11) is 2.00. The van der Waals surface area contributed by atoms with Crippen molar-refractivity contribution in [1.82, 2.24) is 20.9 Å². The molecule has 4 nitrogen and oxygen atoms in total. The number of hydrogen-bond acceptors (Lipinski definition) is 3. The first-order chi connectivity index (χ1) is 9.66. The molecule has 2 heterocycles. The van der Waals surface area contributed by atoms with Crippen molar-refractivity contribution in [3.8, 4) is 22.4 Å². The van der Waals surface area contributed by atoms with Crippen LogP contribution in [-0.2, 0) is 7.05 Å². The average molecular weight is 280 g/mol. The lowest BCUT2D eigenvalue weighted by atomic mass is 9.99. The molecular formula is C17H20N4. The topological polar surface area (TPSA) is 65.7 Å². The van der Waals surface area contributed by atoms with Gasteiger partial charge in [-0.3, -0.25) is 9.67 Å². The largest absolute Gasteiger partial charge is 0.344 e. The van der Waals surface area contributed by atoms with E-state index in [2.05, 4.69) is 48.2 Å². The van der Waals surface area contributed by atoms with Crippen molar-refractivity contribution >= 4 is 0 Å². The number of hydrogen-bond donors (Lipinski definition) is 1. The lowest BCUT2D eigenvalue weighted by Gasteiger charge is -2.08. The lowest BCUT2D eigenvalue weighted by Crippen LogP contribution is -1.94. The van der Waals surface area contributed by atoms with Crippen LogP contribution in [0.5, 0.6) is 0 Å². The molecule has 0 bridgehead atoms. The summed E-state index contributed by atoms with van der Waals surface area (Å²) in [6, 6.07) is 12.6. The Labute approximate surface area is 125 Å². The van der Waals surface area contributed by atoms with Crippen molar-refractivity contribution in [2.75, 3.05) is 0 Å². The first-order valence-electron chi connectivity index (χ1n) is 6.68. The minimum absolute atomic E-state index is 0. The van der Waals surface area contributed by atoms with E-state index in [1.807, 2.05) is 36.3 Å². The Morgan fingerprint density at radius 1 is 0.952 bits per heavy atom. The fourth-order valence-electron chi connectivity index (χ4n) is 2.65. The third-order valence-corrected chi connectivity index (χ3v) is 3.48. The van der Waals surface area contributed by atoms with E-state index in [4.69, 9.17) is 0 Å². The van der Waals surface area contributed by atoms with Gasteiger partial charge in [0.2, 0.25) is 0 Å². The van der Waals surface area contributed by atoms with Crippen LogP contribution in [0.15, 0.2) is 48.8 Å². The second-order valence-corrected chi connectivity index (χ2v) is 5.04. The average Bonchev–Trinajstić information content (AvgIpc) is 2.74. The molecule has 0 aliphatic heterocycles. The highest BCUT2D eigenvalue weighted by Gasteiger charge is 2.16. The number of aromatic nitrogens is 3. The highest BCUT2D eigenvalue weighted by molar-refractivity contribution is 5.82. The summed E-state index contributed by atoms with van der Waals surface area (Å²) in [5, 5.41) is 4.59. The van der Waals surface area contributed by atoms with Gasteiger partial charge in [0.15, 0.2) is 0 Å². The summed E-state index contributed by atoms with van der Waals surface area (Å²) >= 11 is 0. The molecule has 0 saturated heterocycles. The van der Waals surface area contributed by atoms with Gasteiger partial charge in [-0.1, -0.05) is 23.8 Å². The van der Waals surface area contributed by atoms with E-state index < -0.39 is 0 Å². The summed E-state index contributed by atoms with van der Waals surface area (Å²) in [6.07, 6.45) is 3.64. The molecule has 1 aromatic carbocycles. The molecule has 3 aromatic rings. The molecule has 0 saturated carbocycles. The van der Waals surface area contributed by atoms with Gasteiger partial charge < -0.3 is 6.15 Å². The van der Waals surface area contributed by atoms with Crippen molar-refractivity contribution < 1.29 is 0 Å². The Kier molecular flexibility index (Phi) is 4.19. The Hall–Kier alpha value is -2.46. The van der Waals surface area contributed by atoms with Crippen molar-refractivity contribution in [2.45, 2.75) is 13.8 Å². The summed E-state index contributed by atoms with van der Waals surface area (Å²) in [6.45, 7) is 4.16. The summed E-state index contributed by atoms with van der Waals surface area (Å²) < 4.78 is 1.96. The summed E-state index contributed by atoms with van der Waals surface area (Å²) in [5.74, 6) is 0. The molecule has 4 heteroatoms. The van der Waals surface area contributed by atoms with Gasteiger partial charge in [0.05, 0.1) is 11.4 Å². The van der Waals surface area contributed by atoms with Crippen LogP contribution in [0.25, 0.3) is 22.4 Å². The molecule has 0 amide bonds. The number of nitrogens with zero attached hydrogens (tertiary/aromatic N) is 3. The standard InChI is InChI=1S/C17H17N3.H3N/c1-12-5-4-6-15(11-12)17-16(13(2)19-20(17)3)14-7-9-18-10-8-14;/h4-11H,1-3H3;1H3. The van der Waals surface area contributed by atoms with Crippen LogP contribution in [0.3, 0.4) is 0 Å². The van der Waals surface area contributed by atoms with E-state index in [1.54, 1.807) is 0 Å². The Bertz CT molecular complexity index is 745. The maximum absolute atomic E-state index is 4.59. The van der Waals surface area contributed by atoms with Gasteiger partial charge in [-0.2, -0.15) is 5.10 Å². The molecule has 108 valence electrons. The van der Waals surface area contributed by atoms with E-state index in [9.17, 15) is 0 Å². The highest BCUT2D eigenvalue weighted by Crippen LogP contribution is 2.34. The van der Waals surface area contributed by atoms with Gasteiger partial charge >= 0.3 is 0 Å². The maximum Gasteiger partial charge on any atom is 0.0760 e. The molecule has 3 N–H and O–H groups in total. The molecule has 0 aliphatic rings. The smallest absolute Gasteiger partial charge is 0.0760 e. The summed E-state index contributed by atoms with van der Waals surface area (Å²) in [5.41, 5.74) is 6.97. The first kappa shape index (κ1) is 14.9. The zero-order chi connectivity index (χ0) is 14.1. The van der Waals surface area contributed by atoms with Crippen molar-refractivity contribution in [3.63, 3.8) is 0 Å². The second-order valence-electron chi connectivity index (χ2n) is 5.04. The molecule has 0 aliphatic carbocycles.